The van der Waals surface area contributed by atoms with Gasteiger partial charge in [0.25, 0.3) is 5.69 Å². The lowest BCUT2D eigenvalue weighted by Crippen LogP contribution is -2.19. The van der Waals surface area contributed by atoms with Crippen LogP contribution in [-0.2, 0) is 11.2 Å². The number of hydrazone groups is 1. The summed E-state index contributed by atoms with van der Waals surface area (Å²) in [6.07, 6.45) is 1.78. The van der Waals surface area contributed by atoms with Gasteiger partial charge >= 0.3 is 0 Å². The van der Waals surface area contributed by atoms with E-state index in [2.05, 4.69) is 26.5 Å². The molecule has 0 bridgehead atoms. The molecule has 3 aromatic rings. The molecule has 1 amide bonds. The first-order chi connectivity index (χ1) is 14.3. The number of hydrogen-bond acceptors (Lipinski definition) is 4. The molecule has 7 nitrogen and oxygen atoms in total. The first-order valence-corrected chi connectivity index (χ1v) is 10.1. The maximum absolute atomic E-state index is 12.1. The van der Waals surface area contributed by atoms with E-state index >= 15 is 0 Å². The molecule has 0 aliphatic carbocycles. The quantitative estimate of drug-likeness (QED) is 0.296. The summed E-state index contributed by atoms with van der Waals surface area (Å²) in [5, 5.41) is 15.3. The number of carbonyl (C=O) groups is 1. The van der Waals surface area contributed by atoms with E-state index in [9.17, 15) is 14.9 Å². The molecule has 154 valence electrons. The number of hydrogen-bond donors (Lipinski definition) is 1. The molecule has 30 heavy (non-hydrogen) atoms. The van der Waals surface area contributed by atoms with Crippen LogP contribution in [0.2, 0.25) is 5.02 Å². The van der Waals surface area contributed by atoms with Gasteiger partial charge in [0.1, 0.15) is 5.02 Å². The molecule has 0 saturated heterocycles. The minimum Gasteiger partial charge on any atom is -0.318 e. The van der Waals surface area contributed by atoms with Gasteiger partial charge in [-0.2, -0.15) is 5.10 Å². The van der Waals surface area contributed by atoms with Crippen LogP contribution in [0.4, 0.5) is 5.69 Å². The summed E-state index contributed by atoms with van der Waals surface area (Å²) < 4.78 is 2.82. The molecule has 0 unspecified atom stereocenters. The lowest BCUT2D eigenvalue weighted by molar-refractivity contribution is -0.384. The van der Waals surface area contributed by atoms with Crippen molar-refractivity contribution in [2.45, 2.75) is 20.3 Å². The number of aryl methyl sites for hydroxylation is 1. The largest absolute Gasteiger partial charge is 0.318 e. The highest BCUT2D eigenvalue weighted by Gasteiger charge is 2.16. The molecule has 1 aromatic heterocycles. The van der Waals surface area contributed by atoms with E-state index in [1.165, 1.54) is 12.1 Å². The van der Waals surface area contributed by atoms with E-state index < -0.39 is 4.92 Å². The van der Waals surface area contributed by atoms with Crippen LogP contribution in [0.25, 0.3) is 5.69 Å². The van der Waals surface area contributed by atoms with Gasteiger partial charge in [-0.3, -0.25) is 14.9 Å². The van der Waals surface area contributed by atoms with Crippen molar-refractivity contribution < 1.29 is 9.72 Å². The monoisotopic (exact) mass is 488 g/mol. The summed E-state index contributed by atoms with van der Waals surface area (Å²) in [6, 6.07) is 14.0. The number of nitrogens with zero attached hydrogens (tertiary/aromatic N) is 3. The predicted molar refractivity (Wildman–Crippen MR) is 120 cm³/mol. The molecule has 3 rings (SSSR count). The SMILES string of the molecule is Cc1cc(/C=N/NC(=O)Cc2ccc(Br)cc2)c(C)n1-c1ccc(Cl)c([N+](=O)[O-])c1. The molecule has 0 aliphatic rings. The normalized spacial score (nSPS) is 11.1. The fourth-order valence-corrected chi connectivity index (χ4v) is 3.55. The second kappa shape index (κ2) is 9.23. The minimum absolute atomic E-state index is 0.0847. The highest BCUT2D eigenvalue weighted by molar-refractivity contribution is 9.10. The zero-order chi connectivity index (χ0) is 21.8. The first kappa shape index (κ1) is 21.7. The van der Waals surface area contributed by atoms with Gasteiger partial charge in [0.2, 0.25) is 5.91 Å². The molecule has 0 radical (unpaired) electrons. The third-order valence-electron chi connectivity index (χ3n) is 4.53. The Morgan fingerprint density at radius 3 is 2.60 bits per heavy atom. The lowest BCUT2D eigenvalue weighted by Gasteiger charge is -2.10. The van der Waals surface area contributed by atoms with E-state index in [0.717, 1.165) is 27.0 Å². The zero-order valence-electron chi connectivity index (χ0n) is 16.2. The van der Waals surface area contributed by atoms with Gasteiger partial charge in [0, 0.05) is 27.5 Å². The Balaban J connectivity index is 1.75. The minimum atomic E-state index is -0.511. The Hall–Kier alpha value is -2.97. The number of amides is 1. The van der Waals surface area contributed by atoms with E-state index in [1.54, 1.807) is 12.3 Å². The fraction of sp³-hybridized carbons (Fsp3) is 0.143. The highest BCUT2D eigenvalue weighted by Crippen LogP contribution is 2.29. The van der Waals surface area contributed by atoms with Gasteiger partial charge in [0.05, 0.1) is 23.2 Å². The average molecular weight is 490 g/mol. The Kier molecular flexibility index (Phi) is 6.69. The molecule has 2 aromatic carbocycles. The van der Waals surface area contributed by atoms with E-state index in [-0.39, 0.29) is 23.0 Å². The van der Waals surface area contributed by atoms with Gasteiger partial charge in [0.15, 0.2) is 0 Å². The summed E-state index contributed by atoms with van der Waals surface area (Å²) in [5.41, 5.74) is 6.36. The predicted octanol–water partition coefficient (Wildman–Crippen LogP) is 5.11. The Labute approximate surface area is 186 Å². The van der Waals surface area contributed by atoms with Crippen molar-refractivity contribution in [1.29, 1.82) is 0 Å². The molecule has 0 spiro atoms. The van der Waals surface area contributed by atoms with Crippen LogP contribution in [0, 0.1) is 24.0 Å². The van der Waals surface area contributed by atoms with Gasteiger partial charge in [-0.05, 0) is 49.7 Å². The molecule has 1 N–H and O–H groups in total. The molecule has 0 atom stereocenters. The number of nitro groups is 1. The van der Waals surface area contributed by atoms with Crippen molar-refractivity contribution in [3.63, 3.8) is 0 Å². The van der Waals surface area contributed by atoms with Crippen molar-refractivity contribution in [3.8, 4) is 5.69 Å². The first-order valence-electron chi connectivity index (χ1n) is 8.96. The Morgan fingerprint density at radius 1 is 1.23 bits per heavy atom. The van der Waals surface area contributed by atoms with E-state index in [4.69, 9.17) is 11.6 Å². The summed E-state index contributed by atoms with van der Waals surface area (Å²) in [7, 11) is 0. The van der Waals surface area contributed by atoms with Gasteiger partial charge in [-0.25, -0.2) is 5.43 Å². The van der Waals surface area contributed by atoms with Crippen LogP contribution in [0.15, 0.2) is 58.1 Å². The molecule has 0 aliphatic heterocycles. The van der Waals surface area contributed by atoms with Crippen LogP contribution in [0.3, 0.4) is 0 Å². The fourth-order valence-electron chi connectivity index (χ4n) is 3.10. The number of rotatable bonds is 6. The van der Waals surface area contributed by atoms with Crippen LogP contribution in [0.5, 0.6) is 0 Å². The number of halogens is 2. The summed E-state index contributed by atoms with van der Waals surface area (Å²) >= 11 is 9.27. The van der Waals surface area contributed by atoms with Gasteiger partial charge in [-0.15, -0.1) is 0 Å². The van der Waals surface area contributed by atoms with Crippen molar-refractivity contribution >= 4 is 45.3 Å². The smallest absolute Gasteiger partial charge is 0.289 e. The van der Waals surface area contributed by atoms with Gasteiger partial charge in [-0.1, -0.05) is 39.7 Å². The van der Waals surface area contributed by atoms with Crippen molar-refractivity contribution in [2.24, 2.45) is 5.10 Å². The number of carbonyl (C=O) groups excluding carboxylic acids is 1. The molecular weight excluding hydrogens is 472 g/mol. The molecule has 1 heterocycles. The highest BCUT2D eigenvalue weighted by atomic mass is 79.9. The third-order valence-corrected chi connectivity index (χ3v) is 5.37. The maximum Gasteiger partial charge on any atom is 0.289 e. The van der Waals surface area contributed by atoms with Crippen molar-refractivity contribution in [1.82, 2.24) is 9.99 Å². The van der Waals surface area contributed by atoms with E-state index in [1.807, 2.05) is 48.7 Å². The second-order valence-electron chi connectivity index (χ2n) is 6.65. The molecule has 0 fully saturated rings. The lowest BCUT2D eigenvalue weighted by atomic mass is 10.1. The number of aromatic nitrogens is 1. The second-order valence-corrected chi connectivity index (χ2v) is 7.97. The summed E-state index contributed by atoms with van der Waals surface area (Å²) in [5.74, 6) is -0.226. The van der Waals surface area contributed by atoms with Crippen LogP contribution in [-0.4, -0.2) is 21.6 Å². The Morgan fingerprint density at radius 2 is 1.93 bits per heavy atom. The van der Waals surface area contributed by atoms with Gasteiger partial charge < -0.3 is 4.57 Å². The molecule has 9 heteroatoms. The number of benzene rings is 2. The summed E-state index contributed by atoms with van der Waals surface area (Å²) in [6.45, 7) is 3.76. The third kappa shape index (κ3) is 4.95. The zero-order valence-corrected chi connectivity index (χ0v) is 18.6. The van der Waals surface area contributed by atoms with Crippen molar-refractivity contribution in [2.75, 3.05) is 0 Å². The topological polar surface area (TPSA) is 89.5 Å². The average Bonchev–Trinajstić information content (AvgIpc) is 2.97. The number of nitrogens with one attached hydrogen (secondary N) is 1. The van der Waals surface area contributed by atoms with Crippen LogP contribution < -0.4 is 5.43 Å². The maximum atomic E-state index is 12.1. The molecular formula is C21H18BrClN4O3. The standard InChI is InChI=1S/C21H18BrClN4O3/c1-13-9-16(12-24-25-21(28)10-15-3-5-17(22)6-4-15)14(2)26(13)18-7-8-19(23)20(11-18)27(29)30/h3-9,11-12H,10H2,1-2H3,(H,25,28)/b24-12+. The van der Waals surface area contributed by atoms with Crippen LogP contribution >= 0.6 is 27.5 Å². The van der Waals surface area contributed by atoms with Crippen LogP contribution in [0.1, 0.15) is 22.5 Å². The number of nitro benzene ring substituents is 1. The summed E-state index contributed by atoms with van der Waals surface area (Å²) in [4.78, 5) is 22.8. The van der Waals surface area contributed by atoms with E-state index in [0.29, 0.717) is 5.69 Å². The Bertz CT molecular complexity index is 1140. The van der Waals surface area contributed by atoms with Crippen molar-refractivity contribution in [3.05, 3.63) is 90.7 Å². The molecule has 0 saturated carbocycles.